The van der Waals surface area contributed by atoms with Crippen molar-refractivity contribution in [3.8, 4) is 11.5 Å². The van der Waals surface area contributed by atoms with E-state index in [1.807, 2.05) is 62.4 Å². The average Bonchev–Trinajstić information content (AvgIpc) is 3.06. The zero-order valence-electron chi connectivity index (χ0n) is 18.3. The number of hydrogen-bond acceptors (Lipinski definition) is 6. The number of nitrogens with zero attached hydrogens (tertiary/aromatic N) is 2. The van der Waals surface area contributed by atoms with Crippen LogP contribution in [0.3, 0.4) is 0 Å². The molecule has 0 radical (unpaired) electrons. The SMILES string of the molecule is COc1cc(/C=C2/SC(=S)N(c3ccc(C)cc3C)C2=O)cc(I)c1OCc1ccccn1. The summed E-state index contributed by atoms with van der Waals surface area (Å²) in [4.78, 5) is 19.7. The Hall–Kier alpha value is -2.43. The molecule has 0 saturated carbocycles. The predicted molar refractivity (Wildman–Crippen MR) is 146 cm³/mol. The molecule has 5 nitrogen and oxygen atoms in total. The molecule has 33 heavy (non-hydrogen) atoms. The highest BCUT2D eigenvalue weighted by molar-refractivity contribution is 14.1. The largest absolute Gasteiger partial charge is 0.493 e. The van der Waals surface area contributed by atoms with E-state index in [2.05, 4.69) is 33.6 Å². The maximum atomic E-state index is 13.2. The number of aromatic nitrogens is 1. The van der Waals surface area contributed by atoms with E-state index >= 15 is 0 Å². The third-order valence-electron chi connectivity index (χ3n) is 5.03. The van der Waals surface area contributed by atoms with E-state index in [0.717, 1.165) is 31.6 Å². The molecule has 1 aliphatic heterocycles. The zero-order valence-corrected chi connectivity index (χ0v) is 22.1. The highest BCUT2D eigenvalue weighted by atomic mass is 127. The van der Waals surface area contributed by atoms with Gasteiger partial charge in [-0.3, -0.25) is 14.7 Å². The van der Waals surface area contributed by atoms with Crippen molar-refractivity contribution >= 4 is 68.6 Å². The molecule has 1 aliphatic rings. The molecule has 2 heterocycles. The molecule has 0 N–H and O–H groups in total. The number of halogens is 1. The van der Waals surface area contributed by atoms with Crippen LogP contribution in [0.2, 0.25) is 0 Å². The van der Waals surface area contributed by atoms with Gasteiger partial charge in [0.2, 0.25) is 0 Å². The number of rotatable bonds is 6. The van der Waals surface area contributed by atoms with E-state index in [4.69, 9.17) is 21.7 Å². The maximum Gasteiger partial charge on any atom is 0.270 e. The number of ether oxygens (including phenoxy) is 2. The van der Waals surface area contributed by atoms with Crippen LogP contribution >= 0.6 is 46.6 Å². The average molecular weight is 588 g/mol. The first-order chi connectivity index (χ1) is 15.9. The van der Waals surface area contributed by atoms with Gasteiger partial charge in [-0.25, -0.2) is 0 Å². The van der Waals surface area contributed by atoms with Gasteiger partial charge in [0.25, 0.3) is 5.91 Å². The number of anilines is 1. The first kappa shape index (κ1) is 23.7. The Morgan fingerprint density at radius 3 is 2.70 bits per heavy atom. The number of hydrogen-bond donors (Lipinski definition) is 0. The van der Waals surface area contributed by atoms with E-state index in [0.29, 0.717) is 27.3 Å². The fourth-order valence-electron chi connectivity index (χ4n) is 3.48. The van der Waals surface area contributed by atoms with Crippen LogP contribution in [0.5, 0.6) is 11.5 Å². The quantitative estimate of drug-likeness (QED) is 0.192. The standard InChI is InChI=1S/C25H21IN2O3S2/c1-15-7-8-20(16(2)10-15)28-24(29)22(33-25(28)32)13-17-11-19(26)23(21(12-17)30-3)31-14-18-6-4-5-9-27-18/h4-13H,14H2,1-3H3/b22-13+. The van der Waals surface area contributed by atoms with Gasteiger partial charge in [-0.05, 0) is 84.0 Å². The number of carbonyl (C=O) groups is 1. The Morgan fingerprint density at radius 1 is 1.18 bits per heavy atom. The summed E-state index contributed by atoms with van der Waals surface area (Å²) in [5.74, 6) is 1.11. The Bertz CT molecular complexity index is 1260. The number of pyridine rings is 1. The fraction of sp³-hybridized carbons (Fsp3) is 0.160. The summed E-state index contributed by atoms with van der Waals surface area (Å²) in [6.07, 6.45) is 3.58. The van der Waals surface area contributed by atoms with Gasteiger partial charge in [-0.15, -0.1) is 0 Å². The van der Waals surface area contributed by atoms with Crippen molar-refractivity contribution in [2.24, 2.45) is 0 Å². The third-order valence-corrected chi connectivity index (χ3v) is 7.13. The summed E-state index contributed by atoms with van der Waals surface area (Å²) < 4.78 is 13.0. The topological polar surface area (TPSA) is 51.7 Å². The van der Waals surface area contributed by atoms with E-state index in [1.54, 1.807) is 18.2 Å². The third kappa shape index (κ3) is 5.23. The summed E-state index contributed by atoms with van der Waals surface area (Å²) in [6, 6.07) is 15.5. The van der Waals surface area contributed by atoms with Crippen LogP contribution < -0.4 is 14.4 Å². The van der Waals surface area contributed by atoms with E-state index in [9.17, 15) is 4.79 Å². The molecule has 1 fully saturated rings. The molecule has 0 unspecified atom stereocenters. The number of benzene rings is 2. The lowest BCUT2D eigenvalue weighted by Gasteiger charge is -2.17. The smallest absolute Gasteiger partial charge is 0.270 e. The summed E-state index contributed by atoms with van der Waals surface area (Å²) in [7, 11) is 1.60. The van der Waals surface area contributed by atoms with Gasteiger partial charge in [0.1, 0.15) is 6.61 Å². The lowest BCUT2D eigenvalue weighted by atomic mass is 10.1. The van der Waals surface area contributed by atoms with Crippen molar-refractivity contribution in [1.82, 2.24) is 4.98 Å². The van der Waals surface area contributed by atoms with Crippen molar-refractivity contribution in [2.45, 2.75) is 20.5 Å². The number of aryl methyl sites for hydroxylation is 2. The number of thioether (sulfide) groups is 1. The molecule has 0 aliphatic carbocycles. The van der Waals surface area contributed by atoms with Crippen LogP contribution in [0.25, 0.3) is 6.08 Å². The molecule has 3 aromatic rings. The number of carbonyl (C=O) groups excluding carboxylic acids is 1. The van der Waals surface area contributed by atoms with Crippen LogP contribution in [-0.4, -0.2) is 22.3 Å². The summed E-state index contributed by atoms with van der Waals surface area (Å²) in [5, 5.41) is 0. The maximum absolute atomic E-state index is 13.2. The first-order valence-electron chi connectivity index (χ1n) is 10.1. The minimum absolute atomic E-state index is 0.124. The van der Waals surface area contributed by atoms with Crippen molar-refractivity contribution < 1.29 is 14.3 Å². The molecule has 168 valence electrons. The number of thiocarbonyl (C=S) groups is 1. The lowest BCUT2D eigenvalue weighted by molar-refractivity contribution is -0.113. The molecule has 1 amide bonds. The van der Waals surface area contributed by atoms with Gasteiger partial charge in [-0.2, -0.15) is 0 Å². The van der Waals surface area contributed by atoms with E-state index in [1.165, 1.54) is 11.8 Å². The molecule has 0 atom stereocenters. The van der Waals surface area contributed by atoms with Gasteiger partial charge in [0.15, 0.2) is 15.8 Å². The molecular formula is C25H21IN2O3S2. The summed E-state index contributed by atoms with van der Waals surface area (Å²) in [6.45, 7) is 4.35. The van der Waals surface area contributed by atoms with Gasteiger partial charge >= 0.3 is 0 Å². The predicted octanol–water partition coefficient (Wildman–Crippen LogP) is 6.30. The van der Waals surface area contributed by atoms with Crippen LogP contribution in [-0.2, 0) is 11.4 Å². The lowest BCUT2D eigenvalue weighted by Crippen LogP contribution is -2.28. The summed E-state index contributed by atoms with van der Waals surface area (Å²) >= 11 is 9.05. The van der Waals surface area contributed by atoms with Crippen LogP contribution in [0.4, 0.5) is 5.69 Å². The van der Waals surface area contributed by atoms with Gasteiger partial charge in [-0.1, -0.05) is 47.7 Å². The second-order valence-electron chi connectivity index (χ2n) is 7.45. The minimum atomic E-state index is -0.124. The second kappa shape index (κ2) is 10.2. The highest BCUT2D eigenvalue weighted by Gasteiger charge is 2.34. The van der Waals surface area contributed by atoms with Crippen molar-refractivity contribution in [3.63, 3.8) is 0 Å². The van der Waals surface area contributed by atoms with Gasteiger partial charge < -0.3 is 9.47 Å². The van der Waals surface area contributed by atoms with Crippen LogP contribution in [0.1, 0.15) is 22.4 Å². The molecule has 1 aromatic heterocycles. The van der Waals surface area contributed by atoms with Crippen molar-refractivity contribution in [3.05, 3.63) is 85.6 Å². The molecule has 2 aromatic carbocycles. The Balaban J connectivity index is 1.60. The van der Waals surface area contributed by atoms with Crippen LogP contribution in [0.15, 0.2) is 59.6 Å². The fourth-order valence-corrected chi connectivity index (χ4v) is 5.54. The molecule has 0 spiro atoms. The first-order valence-corrected chi connectivity index (χ1v) is 12.4. The highest BCUT2D eigenvalue weighted by Crippen LogP contribution is 2.39. The second-order valence-corrected chi connectivity index (χ2v) is 10.3. The van der Waals surface area contributed by atoms with Crippen LogP contribution in [0, 0.1) is 17.4 Å². The van der Waals surface area contributed by atoms with Crippen molar-refractivity contribution in [2.75, 3.05) is 12.0 Å². The normalized spacial score (nSPS) is 14.8. The monoisotopic (exact) mass is 588 g/mol. The van der Waals surface area contributed by atoms with E-state index < -0.39 is 0 Å². The summed E-state index contributed by atoms with van der Waals surface area (Å²) in [5.41, 5.74) is 4.64. The molecule has 8 heteroatoms. The Kier molecular flexibility index (Phi) is 7.35. The number of amides is 1. The molecule has 1 saturated heterocycles. The van der Waals surface area contributed by atoms with Gasteiger partial charge in [0, 0.05) is 6.20 Å². The Morgan fingerprint density at radius 2 is 2.00 bits per heavy atom. The Labute approximate surface area is 216 Å². The number of methoxy groups -OCH3 is 1. The molecular weight excluding hydrogens is 567 g/mol. The van der Waals surface area contributed by atoms with Gasteiger partial charge in [0.05, 0.1) is 27.0 Å². The zero-order chi connectivity index (χ0) is 23.5. The molecule has 0 bridgehead atoms. The minimum Gasteiger partial charge on any atom is -0.493 e. The van der Waals surface area contributed by atoms with E-state index in [-0.39, 0.29) is 5.91 Å². The van der Waals surface area contributed by atoms with Crippen molar-refractivity contribution in [1.29, 1.82) is 0 Å². The molecule has 4 rings (SSSR count).